The zero-order valence-electron chi connectivity index (χ0n) is 80.5. The number of hydrogen-bond acceptors (Lipinski definition) is 56. The standard InChI is InChI=1S/C94H88O56/c1-16-127-62-31-47(36-67(145-121-10)79(62)129-18-3)87(108)132-56-25-40(19-50(95)71(56)101)91(112)138-82-81(137-90(111)44-23-54(99)76(148-124-13)63(32-44)135-89(110)49-37-68(146-122-11)80(150-126-15)69(38-49)147-123-12)70(39-130-84(105)46-28-59(74(104)60(29-46)141-117-6)134-85(106)43-22-53(98)75(128-17-2)61(30-43)115-4)136-94(140-93(114)42-21-52(97)73(103)58(27-42)131-86(107)45-24-55(100)77(149-125-14)64(33-45)142-118-7)83(82)139-92(113)41-20-51(96)72(102)57(26-41)133-88(109)48-34-65(143-119-8)78(116-5)66(35-48)144-120-9/h19-38,70,81-83,94-104H,16-18,39H2,1-15H3/t70-,81?,82+,83?,94?/m1/s1. The second-order valence-electron chi connectivity index (χ2n) is 29.0. The van der Waals surface area contributed by atoms with Crippen molar-refractivity contribution < 1.29 is 273 Å². The molecule has 0 saturated carbocycles. The number of methoxy groups -OCH3 is 2. The average Bonchev–Trinajstić information content (AvgIpc) is 0.762. The first kappa shape index (κ1) is 112. The van der Waals surface area contributed by atoms with Crippen LogP contribution < -0.4 is 96.2 Å². The lowest BCUT2D eigenvalue weighted by molar-refractivity contribution is -0.282. The molecule has 56 heteroatoms. The van der Waals surface area contributed by atoms with Crippen molar-refractivity contribution in [1.82, 2.24) is 0 Å². The van der Waals surface area contributed by atoms with Crippen LogP contribution in [0.1, 0.15) is 124 Å². The molecular formula is C94H88O56. The molecule has 0 aliphatic carbocycles. The summed E-state index contributed by atoms with van der Waals surface area (Å²) in [5, 5.41) is 115. The predicted molar refractivity (Wildman–Crippen MR) is 481 cm³/mol. The largest absolute Gasteiger partial charge is 0.504 e. The molecule has 56 nitrogen and oxygen atoms in total. The highest BCUT2D eigenvalue weighted by molar-refractivity contribution is 6.00. The topological polar surface area (TPSA) is 705 Å². The molecular weight excluding hydrogens is 2020 g/mol. The number of hydrogen-bond donors (Lipinski definition) is 10. The molecule has 1 aliphatic heterocycles. The molecule has 0 bridgehead atoms. The van der Waals surface area contributed by atoms with Gasteiger partial charge in [-0.25, -0.2) is 47.9 Å². The summed E-state index contributed by atoms with van der Waals surface area (Å²) in [5.74, 6) is -40.8. The number of aromatic hydroxyl groups is 10. The van der Waals surface area contributed by atoms with Crippen molar-refractivity contribution >= 4 is 59.7 Å². The number of rotatable bonds is 49. The van der Waals surface area contributed by atoms with Crippen LogP contribution in [0.4, 0.5) is 0 Å². The fraction of sp³-hybridized carbons (Fsp3) is 0.255. The molecule has 800 valence electrons. The maximum absolute atomic E-state index is 16.0. The van der Waals surface area contributed by atoms with Gasteiger partial charge in [-0.15, -0.1) is 0 Å². The van der Waals surface area contributed by atoms with Crippen LogP contribution in [0.3, 0.4) is 0 Å². The van der Waals surface area contributed by atoms with Crippen LogP contribution >= 0.6 is 0 Å². The predicted octanol–water partition coefficient (Wildman–Crippen LogP) is 9.87. The van der Waals surface area contributed by atoms with Crippen LogP contribution in [-0.2, 0) is 77.3 Å². The second-order valence-corrected chi connectivity index (χ2v) is 29.0. The molecule has 1 saturated heterocycles. The van der Waals surface area contributed by atoms with E-state index in [9.17, 15) is 75.0 Å². The van der Waals surface area contributed by atoms with Gasteiger partial charge in [0.2, 0.25) is 98.6 Å². The number of carbonyl (C=O) groups excluding carboxylic acids is 10. The Morgan fingerprint density at radius 2 is 0.493 bits per heavy atom. The van der Waals surface area contributed by atoms with E-state index in [2.05, 4.69) is 9.78 Å². The maximum Gasteiger partial charge on any atom is 0.343 e. The van der Waals surface area contributed by atoms with Crippen LogP contribution in [0.25, 0.3) is 0 Å². The quantitative estimate of drug-likeness (QED) is 0.00423. The molecule has 0 spiro atoms. The van der Waals surface area contributed by atoms with E-state index in [1.807, 2.05) is 0 Å². The minimum Gasteiger partial charge on any atom is -0.504 e. The van der Waals surface area contributed by atoms with Crippen LogP contribution in [-0.4, -0.2) is 253 Å². The highest BCUT2D eigenvalue weighted by atomic mass is 17.2. The molecule has 5 atom stereocenters. The summed E-state index contributed by atoms with van der Waals surface area (Å²) < 4.78 is 92.1. The number of carbonyl (C=O) groups is 10. The first-order valence-corrected chi connectivity index (χ1v) is 42.4. The van der Waals surface area contributed by atoms with Gasteiger partial charge in [0.1, 0.15) is 12.7 Å². The van der Waals surface area contributed by atoms with E-state index in [-0.39, 0.29) is 54.3 Å². The van der Waals surface area contributed by atoms with Crippen molar-refractivity contribution in [3.05, 3.63) is 177 Å². The van der Waals surface area contributed by atoms with E-state index in [0.717, 1.165) is 140 Å². The first-order chi connectivity index (χ1) is 71.9. The smallest absolute Gasteiger partial charge is 0.343 e. The fourth-order valence-corrected chi connectivity index (χ4v) is 13.5. The Balaban J connectivity index is 1.14. The molecule has 10 N–H and O–H groups in total. The Labute approximate surface area is 841 Å². The van der Waals surface area contributed by atoms with Gasteiger partial charge < -0.3 is 176 Å². The average molecular weight is 2110 g/mol. The fourth-order valence-electron chi connectivity index (χ4n) is 13.5. The number of phenols is 10. The molecule has 0 radical (unpaired) electrons. The lowest BCUT2D eigenvalue weighted by Gasteiger charge is -2.43. The van der Waals surface area contributed by atoms with Gasteiger partial charge in [-0.3, -0.25) is 0 Å². The summed E-state index contributed by atoms with van der Waals surface area (Å²) in [4.78, 5) is 249. The van der Waals surface area contributed by atoms with Crippen LogP contribution in [0.2, 0.25) is 0 Å². The summed E-state index contributed by atoms with van der Waals surface area (Å²) in [6.07, 6.45) is -14.8. The van der Waals surface area contributed by atoms with Crippen LogP contribution in [0.5, 0.6) is 172 Å². The zero-order chi connectivity index (χ0) is 109. The summed E-state index contributed by atoms with van der Waals surface area (Å²) in [7, 11) is 12.4. The number of phenolic OH excluding ortho intramolecular Hbond substituents is 10. The SMILES string of the molecule is CCOc1cc(C(=O)Oc2cc(C(=O)O[C@@H]3C(OC(=O)c4cc(O)c(O)c(OC(=O)c5cc(OOC)c(OC)c(OOC)c5)c4)C(OC(=O)c4cc(O)c(O)c(OC(=O)c5cc(O)c(OOC)c(OOC)c5)c4)O[C@H](COC(=O)c4cc(OOC)c(O)c(OC(=O)c5cc(O)c(OCC)c(OC)c5)c4)C3OC(=O)c3cc(O)c(OOC)c(OC(=O)c4cc(OOC)c(OOC)c(OOC)c4)c3)cc(O)c2O)cc(OOC)c1OCC. The molecule has 150 heavy (non-hydrogen) atoms. The van der Waals surface area contributed by atoms with Crippen molar-refractivity contribution in [3.63, 3.8) is 0 Å². The minimum atomic E-state index is -3.06. The summed E-state index contributed by atoms with van der Waals surface area (Å²) in [6.45, 7) is 2.98. The molecule has 0 aromatic heterocycles. The van der Waals surface area contributed by atoms with Crippen molar-refractivity contribution in [2.24, 2.45) is 0 Å². The Hall–Kier alpha value is -18.5. The van der Waals surface area contributed by atoms with E-state index >= 15 is 24.0 Å². The Kier molecular flexibility index (Phi) is 38.2. The second kappa shape index (κ2) is 51.3. The van der Waals surface area contributed by atoms with Gasteiger partial charge in [0.25, 0.3) is 11.5 Å². The lowest BCUT2D eigenvalue weighted by Crippen LogP contribution is -2.63. The molecule has 1 heterocycles. The number of esters is 10. The number of ether oxygens (including phenoxy) is 16. The first-order valence-electron chi connectivity index (χ1n) is 42.4. The van der Waals surface area contributed by atoms with Gasteiger partial charge in [-0.05, 0) is 99.6 Å². The highest BCUT2D eigenvalue weighted by Crippen LogP contribution is 2.50. The third-order valence-electron chi connectivity index (χ3n) is 19.7. The molecule has 1 aliphatic rings. The van der Waals surface area contributed by atoms with Crippen molar-refractivity contribution in [2.45, 2.75) is 51.5 Å². The molecule has 11 rings (SSSR count). The third kappa shape index (κ3) is 26.2. The van der Waals surface area contributed by atoms with Crippen LogP contribution in [0.15, 0.2) is 121 Å². The van der Waals surface area contributed by atoms with Crippen molar-refractivity contribution in [3.8, 4) is 172 Å². The molecule has 10 aromatic carbocycles. The van der Waals surface area contributed by atoms with Crippen molar-refractivity contribution in [2.75, 3.05) is 112 Å². The van der Waals surface area contributed by atoms with E-state index in [1.54, 1.807) is 20.8 Å². The Morgan fingerprint density at radius 1 is 0.227 bits per heavy atom. The van der Waals surface area contributed by atoms with Gasteiger partial charge >= 0.3 is 59.7 Å². The van der Waals surface area contributed by atoms with Gasteiger partial charge in [-0.1, -0.05) is 0 Å². The van der Waals surface area contributed by atoms with Crippen LogP contribution in [0, 0.1) is 0 Å². The molecule has 1 fully saturated rings. The van der Waals surface area contributed by atoms with Gasteiger partial charge in [0.05, 0.1) is 161 Å². The van der Waals surface area contributed by atoms with E-state index < -0.39 is 291 Å². The van der Waals surface area contributed by atoms with Gasteiger partial charge in [-0.2, -0.15) is 48.9 Å². The van der Waals surface area contributed by atoms with E-state index in [0.29, 0.717) is 66.7 Å². The summed E-state index contributed by atoms with van der Waals surface area (Å²) in [5.41, 5.74) is -8.04. The van der Waals surface area contributed by atoms with Gasteiger partial charge in [0.15, 0.2) is 87.0 Å². The normalized spacial score (nSPS) is 13.8. The van der Waals surface area contributed by atoms with Crippen molar-refractivity contribution in [1.29, 1.82) is 0 Å². The van der Waals surface area contributed by atoms with E-state index in [1.165, 1.54) is 0 Å². The van der Waals surface area contributed by atoms with E-state index in [4.69, 9.17) is 164 Å². The summed E-state index contributed by atoms with van der Waals surface area (Å²) in [6, 6.07) is 14.3. The Bertz CT molecular complexity index is 6590. The monoisotopic (exact) mass is 2110 g/mol. The number of benzene rings is 10. The lowest BCUT2D eigenvalue weighted by atomic mass is 9.97. The minimum absolute atomic E-state index is 0.0125. The molecule has 3 unspecified atom stereocenters. The zero-order valence-corrected chi connectivity index (χ0v) is 80.5. The molecule has 0 amide bonds. The third-order valence-corrected chi connectivity index (χ3v) is 19.7. The summed E-state index contributed by atoms with van der Waals surface area (Å²) >= 11 is 0. The van der Waals surface area contributed by atoms with Gasteiger partial charge in [0, 0.05) is 42.5 Å². The maximum atomic E-state index is 16.0. The molecule has 10 aromatic rings. The highest BCUT2D eigenvalue weighted by Gasteiger charge is 2.56. The Morgan fingerprint density at radius 3 is 0.880 bits per heavy atom.